The third-order valence-electron chi connectivity index (χ3n) is 3.22. The average molecular weight is 317 g/mol. The van der Waals surface area contributed by atoms with Crippen molar-refractivity contribution in [2.45, 2.75) is 26.3 Å². The van der Waals surface area contributed by atoms with E-state index in [2.05, 4.69) is 10.9 Å². The van der Waals surface area contributed by atoms with Crippen LogP contribution in [0.5, 0.6) is 5.88 Å². The number of hydrogen-bond donors (Lipinski definition) is 0. The van der Waals surface area contributed by atoms with Crippen molar-refractivity contribution in [3.05, 3.63) is 57.1 Å². The van der Waals surface area contributed by atoms with Crippen LogP contribution in [0, 0.1) is 19.3 Å². The number of benzene rings is 1. The van der Waals surface area contributed by atoms with Crippen molar-refractivity contribution in [1.82, 2.24) is 9.55 Å². The predicted octanol–water partition coefficient (Wildman–Crippen LogP) is 3.05. The Hall–Kier alpha value is -2.25. The molecule has 0 saturated heterocycles. The highest BCUT2D eigenvalue weighted by Crippen LogP contribution is 2.15. The third kappa shape index (κ3) is 3.90. The number of terminal acetylenes is 1. The van der Waals surface area contributed by atoms with Gasteiger partial charge in [0.1, 0.15) is 0 Å². The van der Waals surface area contributed by atoms with Crippen LogP contribution in [0.25, 0.3) is 0 Å². The van der Waals surface area contributed by atoms with Gasteiger partial charge in [-0.3, -0.25) is 4.79 Å². The molecule has 4 nitrogen and oxygen atoms in total. The number of aromatic nitrogens is 2. The Balaban J connectivity index is 2.27. The van der Waals surface area contributed by atoms with Crippen molar-refractivity contribution in [2.24, 2.45) is 0 Å². The van der Waals surface area contributed by atoms with E-state index in [0.29, 0.717) is 31.7 Å². The molecular formula is C17H17ClN2O2. The molecule has 0 N–H and O–H groups in total. The Morgan fingerprint density at radius 1 is 1.36 bits per heavy atom. The van der Waals surface area contributed by atoms with Crippen molar-refractivity contribution in [3.63, 3.8) is 0 Å². The molecule has 0 radical (unpaired) electrons. The summed E-state index contributed by atoms with van der Waals surface area (Å²) in [6.07, 6.45) is 6.45. The molecule has 2 rings (SSSR count). The summed E-state index contributed by atoms with van der Waals surface area (Å²) in [5.74, 6) is 2.54. The zero-order valence-corrected chi connectivity index (χ0v) is 13.1. The van der Waals surface area contributed by atoms with Gasteiger partial charge < -0.3 is 9.30 Å². The minimum Gasteiger partial charge on any atom is -0.474 e. The van der Waals surface area contributed by atoms with Gasteiger partial charge in [-0.2, -0.15) is 4.98 Å². The molecule has 0 aliphatic rings. The Morgan fingerprint density at radius 3 is 2.77 bits per heavy atom. The first-order valence-electron chi connectivity index (χ1n) is 7.00. The van der Waals surface area contributed by atoms with E-state index in [1.165, 1.54) is 0 Å². The number of rotatable bonds is 6. The highest BCUT2D eigenvalue weighted by Gasteiger charge is 2.13. The van der Waals surface area contributed by atoms with E-state index >= 15 is 0 Å². The second-order valence-electron chi connectivity index (χ2n) is 4.83. The first kappa shape index (κ1) is 16.1. The fourth-order valence-corrected chi connectivity index (χ4v) is 2.17. The molecule has 0 bridgehead atoms. The average Bonchev–Trinajstić information content (AvgIpc) is 2.54. The molecule has 0 spiro atoms. The van der Waals surface area contributed by atoms with Crippen LogP contribution in [0.3, 0.4) is 0 Å². The van der Waals surface area contributed by atoms with E-state index in [4.69, 9.17) is 22.8 Å². The molecule has 0 unspecified atom stereocenters. The summed E-state index contributed by atoms with van der Waals surface area (Å²) in [5, 5.41) is 0.266. The Labute approximate surface area is 134 Å². The Kier molecular flexibility index (Phi) is 5.62. The molecule has 0 aliphatic heterocycles. The van der Waals surface area contributed by atoms with Crippen LogP contribution in [-0.4, -0.2) is 16.2 Å². The van der Waals surface area contributed by atoms with Crippen LogP contribution in [0.15, 0.2) is 35.1 Å². The van der Waals surface area contributed by atoms with Crippen molar-refractivity contribution in [2.75, 3.05) is 6.61 Å². The van der Waals surface area contributed by atoms with Gasteiger partial charge in [-0.15, -0.1) is 12.3 Å². The fourth-order valence-electron chi connectivity index (χ4n) is 1.99. The Morgan fingerprint density at radius 2 is 2.09 bits per heavy atom. The number of halogens is 1. The lowest BCUT2D eigenvalue weighted by Gasteiger charge is -2.13. The molecule has 0 fully saturated rings. The third-order valence-corrected chi connectivity index (χ3v) is 3.58. The topological polar surface area (TPSA) is 44.1 Å². The molecule has 5 heteroatoms. The minimum absolute atomic E-state index is 0.0172. The second kappa shape index (κ2) is 7.67. The van der Waals surface area contributed by atoms with E-state index in [-0.39, 0.29) is 16.6 Å². The van der Waals surface area contributed by atoms with Crippen molar-refractivity contribution in [1.29, 1.82) is 0 Å². The van der Waals surface area contributed by atoms with Crippen LogP contribution in [0.4, 0.5) is 0 Å². The van der Waals surface area contributed by atoms with Gasteiger partial charge in [-0.25, -0.2) is 0 Å². The van der Waals surface area contributed by atoms with Crippen LogP contribution < -0.4 is 10.3 Å². The lowest BCUT2D eigenvalue weighted by Crippen LogP contribution is -2.26. The van der Waals surface area contributed by atoms with Gasteiger partial charge in [-0.1, -0.05) is 41.9 Å². The quantitative estimate of drug-likeness (QED) is 0.608. The first-order chi connectivity index (χ1) is 10.6. The van der Waals surface area contributed by atoms with Gasteiger partial charge in [0, 0.05) is 6.42 Å². The fraction of sp³-hybridized carbons (Fsp3) is 0.294. The maximum absolute atomic E-state index is 12.5. The van der Waals surface area contributed by atoms with Crippen LogP contribution in [-0.2, 0) is 6.54 Å². The van der Waals surface area contributed by atoms with Crippen LogP contribution in [0.2, 0.25) is 5.15 Å². The molecule has 1 aromatic carbocycles. The van der Waals surface area contributed by atoms with E-state index in [1.54, 1.807) is 11.5 Å². The molecule has 22 heavy (non-hydrogen) atoms. The van der Waals surface area contributed by atoms with E-state index < -0.39 is 0 Å². The summed E-state index contributed by atoms with van der Waals surface area (Å²) < 4.78 is 7.00. The van der Waals surface area contributed by atoms with Gasteiger partial charge >= 0.3 is 5.56 Å². The number of nitrogens with zero attached hydrogens (tertiary/aromatic N) is 2. The van der Waals surface area contributed by atoms with Crippen molar-refractivity contribution < 1.29 is 4.74 Å². The monoisotopic (exact) mass is 316 g/mol. The summed E-state index contributed by atoms with van der Waals surface area (Å²) in [5.41, 5.74) is 1.34. The lowest BCUT2D eigenvalue weighted by molar-refractivity contribution is 0.293. The molecule has 114 valence electrons. The number of hydrogen-bond acceptors (Lipinski definition) is 3. The lowest BCUT2D eigenvalue weighted by atomic mass is 10.2. The van der Waals surface area contributed by atoms with Gasteiger partial charge in [-0.05, 0) is 18.9 Å². The van der Waals surface area contributed by atoms with E-state index in [9.17, 15) is 4.79 Å². The SMILES string of the molecule is C#CCCCOc1nc(Cl)c(C)n(Cc2ccccc2)c1=O. The van der Waals surface area contributed by atoms with Crippen molar-refractivity contribution in [3.8, 4) is 18.2 Å². The molecule has 0 amide bonds. The van der Waals surface area contributed by atoms with Crippen molar-refractivity contribution >= 4 is 11.6 Å². The summed E-state index contributed by atoms with van der Waals surface area (Å²) >= 11 is 6.11. The summed E-state index contributed by atoms with van der Waals surface area (Å²) in [7, 11) is 0. The minimum atomic E-state index is -0.286. The summed E-state index contributed by atoms with van der Waals surface area (Å²) in [4.78, 5) is 16.5. The maximum atomic E-state index is 12.5. The second-order valence-corrected chi connectivity index (χ2v) is 5.18. The number of unbranched alkanes of at least 4 members (excludes halogenated alkanes) is 1. The Bertz CT molecular complexity index is 733. The highest BCUT2D eigenvalue weighted by atomic mass is 35.5. The summed E-state index contributed by atoms with van der Waals surface area (Å²) in [6.45, 7) is 2.54. The predicted molar refractivity (Wildman–Crippen MR) is 87.4 cm³/mol. The first-order valence-corrected chi connectivity index (χ1v) is 7.38. The van der Waals surface area contributed by atoms with Crippen LogP contribution in [0.1, 0.15) is 24.1 Å². The molecule has 0 saturated carbocycles. The largest absolute Gasteiger partial charge is 0.474 e. The molecule has 1 aromatic heterocycles. The van der Waals surface area contributed by atoms with E-state index in [1.807, 2.05) is 30.3 Å². The molecule has 0 aliphatic carbocycles. The molecule has 1 heterocycles. The zero-order chi connectivity index (χ0) is 15.9. The number of ether oxygens (including phenoxy) is 1. The van der Waals surface area contributed by atoms with Crippen LogP contribution >= 0.6 is 11.6 Å². The zero-order valence-electron chi connectivity index (χ0n) is 12.4. The van der Waals surface area contributed by atoms with E-state index in [0.717, 1.165) is 5.56 Å². The molecule has 2 aromatic rings. The standard InChI is InChI=1S/C17H17ClN2O2/c1-3-4-8-11-22-16-17(21)20(13(2)15(18)19-16)12-14-9-6-5-7-10-14/h1,5-7,9-10H,4,8,11-12H2,2H3. The smallest absolute Gasteiger partial charge is 0.313 e. The normalized spacial score (nSPS) is 10.2. The highest BCUT2D eigenvalue weighted by molar-refractivity contribution is 6.30. The summed E-state index contributed by atoms with van der Waals surface area (Å²) in [6, 6.07) is 9.69. The maximum Gasteiger partial charge on any atom is 0.313 e. The van der Waals surface area contributed by atoms with Gasteiger partial charge in [0.2, 0.25) is 0 Å². The van der Waals surface area contributed by atoms with Gasteiger partial charge in [0.15, 0.2) is 5.15 Å². The van der Waals surface area contributed by atoms with Gasteiger partial charge in [0.05, 0.1) is 18.8 Å². The van der Waals surface area contributed by atoms with Gasteiger partial charge in [0.25, 0.3) is 5.88 Å². The molecule has 0 atom stereocenters. The molecular weight excluding hydrogens is 300 g/mol.